The Hall–Kier alpha value is -2.92. The van der Waals surface area contributed by atoms with E-state index in [1.54, 1.807) is 7.11 Å². The second-order valence-corrected chi connectivity index (χ2v) is 10.7. The molecule has 2 aliphatic rings. The van der Waals surface area contributed by atoms with Crippen molar-refractivity contribution in [2.45, 2.75) is 58.1 Å². The van der Waals surface area contributed by atoms with Gasteiger partial charge in [-0.05, 0) is 86.4 Å². The molecule has 3 atom stereocenters. The Bertz CT molecular complexity index is 1390. The first-order valence-electron chi connectivity index (χ1n) is 13.2. The Morgan fingerprint density at radius 2 is 1.89 bits per heavy atom. The summed E-state index contributed by atoms with van der Waals surface area (Å²) in [6, 6.07) is 14.9. The van der Waals surface area contributed by atoms with E-state index in [-0.39, 0.29) is 11.7 Å². The van der Waals surface area contributed by atoms with E-state index < -0.39 is 0 Å². The molecule has 6 rings (SSSR count). The van der Waals surface area contributed by atoms with Crippen LogP contribution in [0, 0.1) is 17.8 Å². The van der Waals surface area contributed by atoms with Gasteiger partial charge in [-0.3, -0.25) is 4.79 Å². The summed E-state index contributed by atoms with van der Waals surface area (Å²) in [6.45, 7) is 3.23. The van der Waals surface area contributed by atoms with Gasteiger partial charge in [-0.1, -0.05) is 13.3 Å². The van der Waals surface area contributed by atoms with Crippen LogP contribution in [0.5, 0.6) is 0 Å². The number of rotatable bonds is 7. The van der Waals surface area contributed by atoms with Gasteiger partial charge in [0.2, 0.25) is 0 Å². The van der Waals surface area contributed by atoms with E-state index in [0.29, 0.717) is 12.0 Å². The largest absolute Gasteiger partial charge is 0.381 e. The first-order chi connectivity index (χ1) is 17.1. The number of ketones is 1. The fraction of sp³-hybridized carbons (Fsp3) is 0.467. The number of ether oxygens (including phenoxy) is 1. The van der Waals surface area contributed by atoms with Gasteiger partial charge in [-0.25, -0.2) is 4.98 Å². The lowest BCUT2D eigenvalue weighted by molar-refractivity contribution is 0.00826. The quantitative estimate of drug-likeness (QED) is 0.286. The molecular formula is C30H35N3O2. The molecule has 0 bridgehead atoms. The molecule has 35 heavy (non-hydrogen) atoms. The van der Waals surface area contributed by atoms with E-state index in [0.717, 1.165) is 60.3 Å². The van der Waals surface area contributed by atoms with E-state index in [9.17, 15) is 4.79 Å². The number of nitrogens with zero attached hydrogens (tertiary/aromatic N) is 3. The Morgan fingerprint density at radius 1 is 1.06 bits per heavy atom. The number of Topliss-reactive ketones (excluding diaryl/α,β-unsaturated/α-hetero) is 1. The minimum absolute atomic E-state index is 0.0964. The van der Waals surface area contributed by atoms with Crippen LogP contribution >= 0.6 is 0 Å². The summed E-state index contributed by atoms with van der Waals surface area (Å²) in [6.07, 6.45) is 8.67. The van der Waals surface area contributed by atoms with E-state index >= 15 is 0 Å². The smallest absolute Gasteiger partial charge is 0.165 e. The Kier molecular flexibility index (Phi) is 5.76. The fourth-order valence-electron chi connectivity index (χ4n) is 6.24. The molecule has 0 spiro atoms. The predicted molar refractivity (Wildman–Crippen MR) is 141 cm³/mol. The molecule has 0 radical (unpaired) electrons. The molecule has 1 aromatic carbocycles. The van der Waals surface area contributed by atoms with Crippen molar-refractivity contribution >= 4 is 27.7 Å². The molecule has 3 heterocycles. The molecule has 182 valence electrons. The van der Waals surface area contributed by atoms with E-state index in [2.05, 4.69) is 53.4 Å². The Balaban J connectivity index is 1.35. The van der Waals surface area contributed by atoms with Gasteiger partial charge in [0.05, 0.1) is 17.5 Å². The third-order valence-electron chi connectivity index (χ3n) is 8.49. The van der Waals surface area contributed by atoms with Gasteiger partial charge < -0.3 is 13.9 Å². The molecule has 2 saturated carbocycles. The Labute approximate surface area is 207 Å². The van der Waals surface area contributed by atoms with Crippen LogP contribution in [-0.2, 0) is 18.3 Å². The van der Waals surface area contributed by atoms with Gasteiger partial charge in [0, 0.05) is 54.7 Å². The summed E-state index contributed by atoms with van der Waals surface area (Å²) in [5, 5.41) is 2.31. The highest BCUT2D eigenvalue weighted by Crippen LogP contribution is 2.38. The number of methoxy groups -OCH3 is 1. The normalized spacial score (nSPS) is 22.8. The molecule has 0 aliphatic heterocycles. The van der Waals surface area contributed by atoms with Crippen molar-refractivity contribution in [3.8, 4) is 11.4 Å². The van der Waals surface area contributed by atoms with Crippen molar-refractivity contribution in [1.82, 2.24) is 14.1 Å². The molecule has 0 amide bonds. The molecule has 0 N–H and O–H groups in total. The van der Waals surface area contributed by atoms with Gasteiger partial charge in [0.15, 0.2) is 5.78 Å². The lowest BCUT2D eigenvalue weighted by Gasteiger charge is -2.34. The zero-order valence-electron chi connectivity index (χ0n) is 21.0. The van der Waals surface area contributed by atoms with Gasteiger partial charge in [-0.2, -0.15) is 0 Å². The maximum Gasteiger partial charge on any atom is 0.165 e. The maximum absolute atomic E-state index is 13.5. The number of hydrogen-bond donors (Lipinski definition) is 0. The zero-order chi connectivity index (χ0) is 24.1. The maximum atomic E-state index is 13.5. The number of pyridine rings is 1. The van der Waals surface area contributed by atoms with Crippen LogP contribution in [0.2, 0.25) is 0 Å². The second-order valence-electron chi connectivity index (χ2n) is 10.7. The summed E-state index contributed by atoms with van der Waals surface area (Å²) in [5.74, 6) is 1.61. The minimum Gasteiger partial charge on any atom is -0.381 e. The van der Waals surface area contributed by atoms with Crippen LogP contribution in [0.25, 0.3) is 33.3 Å². The van der Waals surface area contributed by atoms with E-state index in [4.69, 9.17) is 9.72 Å². The molecule has 3 aromatic heterocycles. The standard InChI is InChI=1S/C30H35N3O2/c1-4-20-14-22(10-12-28(20)35-3)29(34)21-9-11-25-24(15-21)17-26(32(25)2)27-16-23-6-5-13-31-30(23)33(27)18-19-7-8-19/h5-6,9,11,13,15-17,19-20,22,28H,4,7-8,10,12,14,18H2,1-3H3/t20-,22?,28+/m0/s1. The average Bonchev–Trinajstić information content (AvgIpc) is 3.57. The van der Waals surface area contributed by atoms with Crippen LogP contribution in [-0.4, -0.2) is 33.1 Å². The molecule has 1 unspecified atom stereocenters. The van der Waals surface area contributed by atoms with Crippen LogP contribution < -0.4 is 0 Å². The van der Waals surface area contributed by atoms with Crippen LogP contribution in [0.3, 0.4) is 0 Å². The van der Waals surface area contributed by atoms with Gasteiger partial charge in [-0.15, -0.1) is 0 Å². The zero-order valence-corrected chi connectivity index (χ0v) is 21.0. The monoisotopic (exact) mass is 469 g/mol. The fourth-order valence-corrected chi connectivity index (χ4v) is 6.24. The van der Waals surface area contributed by atoms with Crippen molar-refractivity contribution < 1.29 is 9.53 Å². The van der Waals surface area contributed by atoms with Gasteiger partial charge >= 0.3 is 0 Å². The lowest BCUT2D eigenvalue weighted by atomic mass is 9.75. The second kappa shape index (κ2) is 8.94. The van der Waals surface area contributed by atoms with E-state index in [1.165, 1.54) is 29.6 Å². The number of carbonyl (C=O) groups excluding carboxylic acids is 1. The molecule has 5 nitrogen and oxygen atoms in total. The molecule has 0 saturated heterocycles. The summed E-state index contributed by atoms with van der Waals surface area (Å²) < 4.78 is 10.3. The highest BCUT2D eigenvalue weighted by Gasteiger charge is 2.33. The average molecular weight is 470 g/mol. The van der Waals surface area contributed by atoms with Crippen molar-refractivity contribution in [1.29, 1.82) is 0 Å². The molecule has 2 aliphatic carbocycles. The Morgan fingerprint density at radius 3 is 2.66 bits per heavy atom. The van der Waals surface area contributed by atoms with Crippen LogP contribution in [0.4, 0.5) is 0 Å². The summed E-state index contributed by atoms with van der Waals surface area (Å²) in [4.78, 5) is 18.2. The summed E-state index contributed by atoms with van der Waals surface area (Å²) >= 11 is 0. The number of benzene rings is 1. The van der Waals surface area contributed by atoms with Crippen molar-refractivity contribution in [3.05, 3.63) is 54.2 Å². The van der Waals surface area contributed by atoms with E-state index in [1.807, 2.05) is 18.3 Å². The number of fused-ring (bicyclic) bond motifs is 2. The molecule has 4 aromatic rings. The third kappa shape index (κ3) is 4.00. The lowest BCUT2D eigenvalue weighted by Crippen LogP contribution is -2.33. The number of carbonyl (C=O) groups is 1. The number of aryl methyl sites for hydroxylation is 1. The first-order valence-corrected chi connectivity index (χ1v) is 13.2. The minimum atomic E-state index is 0.0964. The number of aromatic nitrogens is 3. The summed E-state index contributed by atoms with van der Waals surface area (Å²) in [5.41, 5.74) is 5.44. The van der Waals surface area contributed by atoms with Gasteiger partial charge in [0.25, 0.3) is 0 Å². The molecular weight excluding hydrogens is 434 g/mol. The van der Waals surface area contributed by atoms with Gasteiger partial charge in [0.1, 0.15) is 5.65 Å². The molecule has 5 heteroatoms. The topological polar surface area (TPSA) is 49.0 Å². The van der Waals surface area contributed by atoms with Crippen molar-refractivity contribution in [3.63, 3.8) is 0 Å². The predicted octanol–water partition coefficient (Wildman–Crippen LogP) is 6.63. The third-order valence-corrected chi connectivity index (χ3v) is 8.49. The van der Waals surface area contributed by atoms with Crippen molar-refractivity contribution in [2.75, 3.05) is 7.11 Å². The molecule has 2 fully saturated rings. The van der Waals surface area contributed by atoms with Crippen LogP contribution in [0.15, 0.2) is 48.7 Å². The number of hydrogen-bond acceptors (Lipinski definition) is 3. The van der Waals surface area contributed by atoms with Crippen molar-refractivity contribution in [2.24, 2.45) is 24.8 Å². The van der Waals surface area contributed by atoms with Crippen LogP contribution in [0.1, 0.15) is 55.8 Å². The summed E-state index contributed by atoms with van der Waals surface area (Å²) in [7, 11) is 3.93. The first kappa shape index (κ1) is 22.5. The SMILES string of the molecule is CC[C@H]1CC(C(=O)c2ccc3c(c2)cc(-c2cc4cccnc4n2CC2CC2)n3C)CC[C@H]1OC. The highest BCUT2D eigenvalue weighted by molar-refractivity contribution is 6.02. The highest BCUT2D eigenvalue weighted by atomic mass is 16.5.